The maximum absolute atomic E-state index is 9.82. The van der Waals surface area contributed by atoms with E-state index in [4.69, 9.17) is 4.74 Å². The fourth-order valence-electron chi connectivity index (χ4n) is 1.85. The number of aliphatic hydroxyl groups excluding tert-OH is 1. The quantitative estimate of drug-likeness (QED) is 0.814. The molecule has 1 aliphatic rings. The van der Waals surface area contributed by atoms with Gasteiger partial charge in [-0.15, -0.1) is 0 Å². The molecule has 0 radical (unpaired) electrons. The van der Waals surface area contributed by atoms with Crippen molar-refractivity contribution in [2.24, 2.45) is 0 Å². The Bertz CT molecular complexity index is 286. The highest BCUT2D eigenvalue weighted by Crippen LogP contribution is 2.22. The van der Waals surface area contributed by atoms with Crippen molar-refractivity contribution >= 4 is 0 Å². The van der Waals surface area contributed by atoms with Gasteiger partial charge in [-0.25, -0.2) is 0 Å². The summed E-state index contributed by atoms with van der Waals surface area (Å²) in [6.45, 7) is 0.867. The molecule has 4 nitrogen and oxygen atoms in total. The van der Waals surface area contributed by atoms with Crippen molar-refractivity contribution in [2.75, 3.05) is 6.61 Å². The molecule has 0 aliphatic carbocycles. The van der Waals surface area contributed by atoms with E-state index in [0.29, 0.717) is 18.2 Å². The van der Waals surface area contributed by atoms with Gasteiger partial charge in [0.05, 0.1) is 24.1 Å². The number of hydrogen-bond acceptors (Lipinski definition) is 4. The Morgan fingerprint density at radius 3 is 3.13 bits per heavy atom. The van der Waals surface area contributed by atoms with E-state index in [1.54, 1.807) is 18.6 Å². The van der Waals surface area contributed by atoms with Gasteiger partial charge in [0.1, 0.15) is 0 Å². The fraction of sp³-hybridized carbons (Fsp3) is 0.636. The minimum absolute atomic E-state index is 0.330. The van der Waals surface area contributed by atoms with Gasteiger partial charge in [0.2, 0.25) is 0 Å². The molecule has 1 aromatic heterocycles. The summed E-state index contributed by atoms with van der Waals surface area (Å²) in [5.41, 5.74) is 0.649. The van der Waals surface area contributed by atoms with Crippen LogP contribution in [0.3, 0.4) is 0 Å². The van der Waals surface area contributed by atoms with Gasteiger partial charge >= 0.3 is 0 Å². The van der Waals surface area contributed by atoms with Crippen LogP contribution in [0.15, 0.2) is 18.6 Å². The molecule has 0 aromatic carbocycles. The zero-order valence-electron chi connectivity index (χ0n) is 8.67. The first-order valence-corrected chi connectivity index (χ1v) is 5.42. The van der Waals surface area contributed by atoms with E-state index in [0.717, 1.165) is 25.9 Å². The Labute approximate surface area is 89.3 Å². The molecule has 1 saturated heterocycles. The van der Waals surface area contributed by atoms with E-state index in [-0.39, 0.29) is 0 Å². The predicted molar refractivity (Wildman–Crippen MR) is 55.2 cm³/mol. The topological polar surface area (TPSA) is 55.2 Å². The molecule has 1 N–H and O–H groups in total. The van der Waals surface area contributed by atoms with Crippen LogP contribution in [0.1, 0.15) is 37.5 Å². The second kappa shape index (κ2) is 5.19. The minimum Gasteiger partial charge on any atom is -0.387 e. The maximum atomic E-state index is 9.82. The summed E-state index contributed by atoms with van der Waals surface area (Å²) in [6.07, 6.45) is 8.50. The van der Waals surface area contributed by atoms with E-state index in [2.05, 4.69) is 9.97 Å². The first kappa shape index (κ1) is 10.5. The largest absolute Gasteiger partial charge is 0.387 e. The van der Waals surface area contributed by atoms with Crippen LogP contribution in [0.25, 0.3) is 0 Å². The molecule has 0 spiro atoms. The van der Waals surface area contributed by atoms with Crippen molar-refractivity contribution in [3.63, 3.8) is 0 Å². The Hall–Kier alpha value is -1.00. The first-order valence-electron chi connectivity index (χ1n) is 5.42. The van der Waals surface area contributed by atoms with Gasteiger partial charge in [-0.1, -0.05) is 0 Å². The smallest absolute Gasteiger partial charge is 0.0976 e. The number of aromatic nitrogens is 2. The number of ether oxygens (including phenoxy) is 1. The lowest BCUT2D eigenvalue weighted by Crippen LogP contribution is -2.08. The highest BCUT2D eigenvalue weighted by Gasteiger charge is 2.18. The molecule has 2 rings (SSSR count). The summed E-state index contributed by atoms with van der Waals surface area (Å²) in [5, 5.41) is 9.82. The number of aliphatic hydroxyl groups is 1. The van der Waals surface area contributed by atoms with Gasteiger partial charge in [-0.3, -0.25) is 9.97 Å². The van der Waals surface area contributed by atoms with Crippen LogP contribution in [0.5, 0.6) is 0 Å². The van der Waals surface area contributed by atoms with Gasteiger partial charge in [0, 0.05) is 19.0 Å². The van der Waals surface area contributed by atoms with E-state index >= 15 is 0 Å². The molecule has 2 heterocycles. The number of rotatable bonds is 4. The predicted octanol–water partition coefficient (Wildman–Crippen LogP) is 1.47. The average molecular weight is 208 g/mol. The molecule has 82 valence electrons. The van der Waals surface area contributed by atoms with Crippen LogP contribution >= 0.6 is 0 Å². The summed E-state index contributed by atoms with van der Waals surface area (Å²) in [5.74, 6) is 0. The Kier molecular flexibility index (Phi) is 3.64. The Morgan fingerprint density at radius 1 is 1.53 bits per heavy atom. The Morgan fingerprint density at radius 2 is 2.47 bits per heavy atom. The molecule has 15 heavy (non-hydrogen) atoms. The molecule has 1 fully saturated rings. The van der Waals surface area contributed by atoms with Gasteiger partial charge in [0.25, 0.3) is 0 Å². The molecule has 2 unspecified atom stereocenters. The fourth-order valence-corrected chi connectivity index (χ4v) is 1.85. The van der Waals surface area contributed by atoms with Gasteiger partial charge in [0.15, 0.2) is 0 Å². The standard InChI is InChI=1S/C11H16N2O2/c14-11(10-8-12-5-6-13-10)4-3-9-2-1-7-15-9/h5-6,8-9,11,14H,1-4,7H2. The van der Waals surface area contributed by atoms with Crippen LogP contribution in [0, 0.1) is 0 Å². The molecule has 1 aliphatic heterocycles. The lowest BCUT2D eigenvalue weighted by molar-refractivity contribution is 0.0801. The van der Waals surface area contributed by atoms with Crippen LogP contribution < -0.4 is 0 Å². The molecule has 0 saturated carbocycles. The second-order valence-electron chi connectivity index (χ2n) is 3.86. The van der Waals surface area contributed by atoms with Crippen molar-refractivity contribution in [1.29, 1.82) is 0 Å². The monoisotopic (exact) mass is 208 g/mol. The third-order valence-electron chi connectivity index (χ3n) is 2.71. The van der Waals surface area contributed by atoms with E-state index < -0.39 is 6.10 Å². The molecular weight excluding hydrogens is 192 g/mol. The van der Waals surface area contributed by atoms with E-state index in [9.17, 15) is 5.11 Å². The molecule has 4 heteroatoms. The van der Waals surface area contributed by atoms with E-state index in [1.807, 2.05) is 0 Å². The molecule has 1 aromatic rings. The summed E-state index contributed by atoms with van der Waals surface area (Å²) < 4.78 is 5.49. The highest BCUT2D eigenvalue weighted by molar-refractivity contribution is 4.98. The van der Waals surface area contributed by atoms with Gasteiger partial charge < -0.3 is 9.84 Å². The lowest BCUT2D eigenvalue weighted by Gasteiger charge is -2.12. The zero-order chi connectivity index (χ0) is 10.5. The third kappa shape index (κ3) is 2.97. The van der Waals surface area contributed by atoms with E-state index in [1.165, 1.54) is 0 Å². The molecule has 0 bridgehead atoms. The van der Waals surface area contributed by atoms with Crippen molar-refractivity contribution < 1.29 is 9.84 Å². The first-order chi connectivity index (χ1) is 7.36. The van der Waals surface area contributed by atoms with Crippen LogP contribution in [0.2, 0.25) is 0 Å². The highest BCUT2D eigenvalue weighted by atomic mass is 16.5. The second-order valence-corrected chi connectivity index (χ2v) is 3.86. The SMILES string of the molecule is OC(CCC1CCCO1)c1cnccn1. The summed E-state index contributed by atoms with van der Waals surface area (Å²) >= 11 is 0. The average Bonchev–Trinajstić information content (AvgIpc) is 2.80. The summed E-state index contributed by atoms with van der Waals surface area (Å²) in [7, 11) is 0. The van der Waals surface area contributed by atoms with Crippen LogP contribution in [-0.2, 0) is 4.74 Å². The Balaban J connectivity index is 1.79. The number of hydrogen-bond donors (Lipinski definition) is 1. The normalized spacial score (nSPS) is 22.9. The minimum atomic E-state index is -0.511. The van der Waals surface area contributed by atoms with Crippen molar-refractivity contribution in [3.8, 4) is 0 Å². The molecule has 2 atom stereocenters. The summed E-state index contributed by atoms with van der Waals surface area (Å²) in [4.78, 5) is 8.00. The van der Waals surface area contributed by atoms with Crippen molar-refractivity contribution in [3.05, 3.63) is 24.3 Å². The molecule has 0 amide bonds. The van der Waals surface area contributed by atoms with Crippen LogP contribution in [0.4, 0.5) is 0 Å². The molecular formula is C11H16N2O2. The summed E-state index contributed by atoms with van der Waals surface area (Å²) in [6, 6.07) is 0. The third-order valence-corrected chi connectivity index (χ3v) is 2.71. The van der Waals surface area contributed by atoms with Crippen molar-refractivity contribution in [2.45, 2.75) is 37.9 Å². The van der Waals surface area contributed by atoms with Crippen LogP contribution in [-0.4, -0.2) is 27.8 Å². The maximum Gasteiger partial charge on any atom is 0.0976 e. The van der Waals surface area contributed by atoms with Crippen molar-refractivity contribution in [1.82, 2.24) is 9.97 Å². The zero-order valence-corrected chi connectivity index (χ0v) is 8.67. The van der Waals surface area contributed by atoms with Gasteiger partial charge in [-0.05, 0) is 25.7 Å². The lowest BCUT2D eigenvalue weighted by atomic mass is 10.1. The number of nitrogens with zero attached hydrogens (tertiary/aromatic N) is 2. The van der Waals surface area contributed by atoms with Gasteiger partial charge in [-0.2, -0.15) is 0 Å².